The van der Waals surface area contributed by atoms with Crippen LogP contribution in [0.4, 0.5) is 0 Å². The van der Waals surface area contributed by atoms with Gasteiger partial charge in [0.2, 0.25) is 0 Å². The Morgan fingerprint density at radius 3 is 2.62 bits per heavy atom. The molecule has 0 aliphatic rings. The Balaban J connectivity index is 2.11. The van der Waals surface area contributed by atoms with Gasteiger partial charge in [0.1, 0.15) is 0 Å². The van der Waals surface area contributed by atoms with E-state index in [-0.39, 0.29) is 0 Å². The van der Waals surface area contributed by atoms with E-state index in [9.17, 15) is 0 Å². The largest absolute Gasteiger partial charge is 0.378 e. The minimum atomic E-state index is 0.642. The van der Waals surface area contributed by atoms with E-state index in [4.69, 9.17) is 4.74 Å². The van der Waals surface area contributed by atoms with Crippen molar-refractivity contribution >= 4 is 0 Å². The monoisotopic (exact) mass is 176 g/mol. The van der Waals surface area contributed by atoms with E-state index >= 15 is 0 Å². The second-order valence-electron chi connectivity index (χ2n) is 2.90. The molecule has 68 valence electrons. The molecule has 1 aromatic heterocycles. The van der Waals surface area contributed by atoms with Crippen LogP contribution in [0.1, 0.15) is 5.69 Å². The fourth-order valence-electron chi connectivity index (χ4n) is 1.26. The second kappa shape index (κ2) is 3.49. The number of nitrogens with one attached hydrogen (secondary N) is 1. The van der Waals surface area contributed by atoms with Crippen molar-refractivity contribution in [3.63, 3.8) is 0 Å². The summed E-state index contributed by atoms with van der Waals surface area (Å²) >= 11 is 0. The van der Waals surface area contributed by atoms with Crippen LogP contribution in [0.25, 0.3) is 5.69 Å². The molecular formula is C10H12N2O. The Morgan fingerprint density at radius 2 is 2.00 bits per heavy atom. The van der Waals surface area contributed by atoms with Gasteiger partial charge in [0.05, 0.1) is 24.2 Å². The molecule has 0 amide bonds. The Bertz CT molecular complexity index is 349. The van der Waals surface area contributed by atoms with Gasteiger partial charge < -0.3 is 4.74 Å². The van der Waals surface area contributed by atoms with Gasteiger partial charge in [-0.25, -0.2) is 0 Å². The topological polar surface area (TPSA) is 29.9 Å². The van der Waals surface area contributed by atoms with E-state index in [1.54, 1.807) is 7.11 Å². The number of hydrogen-bond donors (Lipinski definition) is 1. The predicted octanol–water partition coefficient (Wildman–Crippen LogP) is 1.95. The first-order valence-electron chi connectivity index (χ1n) is 4.21. The Kier molecular flexibility index (Phi) is 2.19. The fraction of sp³-hybridized carbons (Fsp3) is 0.200. The molecule has 1 N–H and O–H groups in total. The SMILES string of the molecule is COCc1cn(-c2ccccc2)[nH]1. The summed E-state index contributed by atoms with van der Waals surface area (Å²) in [6.45, 7) is 0.642. The highest BCUT2D eigenvalue weighted by molar-refractivity contribution is 5.31. The average molecular weight is 176 g/mol. The highest BCUT2D eigenvalue weighted by Gasteiger charge is 2.01. The lowest BCUT2D eigenvalue weighted by atomic mass is 10.3. The summed E-state index contributed by atoms with van der Waals surface area (Å²) < 4.78 is 6.94. The number of benzene rings is 1. The highest BCUT2D eigenvalue weighted by atomic mass is 16.5. The van der Waals surface area contributed by atoms with Crippen molar-refractivity contribution in [2.75, 3.05) is 7.11 Å². The van der Waals surface area contributed by atoms with Gasteiger partial charge >= 0.3 is 0 Å². The van der Waals surface area contributed by atoms with Gasteiger partial charge in [-0.15, -0.1) is 0 Å². The summed E-state index contributed by atoms with van der Waals surface area (Å²) in [4.78, 5) is 0. The summed E-state index contributed by atoms with van der Waals surface area (Å²) in [5, 5.41) is 3.17. The summed E-state index contributed by atoms with van der Waals surface area (Å²) in [7, 11) is 1.69. The molecule has 13 heavy (non-hydrogen) atoms. The molecule has 0 fully saturated rings. The van der Waals surface area contributed by atoms with Crippen LogP contribution in [0, 0.1) is 0 Å². The molecule has 0 aliphatic heterocycles. The molecule has 0 aliphatic carbocycles. The molecule has 0 saturated heterocycles. The molecule has 3 nitrogen and oxygen atoms in total. The number of nitrogens with zero attached hydrogens (tertiary/aromatic N) is 1. The maximum absolute atomic E-state index is 4.97. The van der Waals surface area contributed by atoms with Crippen molar-refractivity contribution in [2.24, 2.45) is 0 Å². The molecule has 2 aromatic rings. The van der Waals surface area contributed by atoms with Crippen molar-refractivity contribution in [3.8, 4) is 5.69 Å². The van der Waals surface area contributed by atoms with Crippen LogP contribution in [0.2, 0.25) is 0 Å². The van der Waals surface area contributed by atoms with Crippen LogP contribution in [-0.2, 0) is 11.3 Å². The van der Waals surface area contributed by atoms with Crippen molar-refractivity contribution in [2.45, 2.75) is 6.61 Å². The van der Waals surface area contributed by atoms with Crippen LogP contribution >= 0.6 is 0 Å². The van der Waals surface area contributed by atoms with Crippen LogP contribution in [-0.4, -0.2) is 16.9 Å². The van der Waals surface area contributed by atoms with Crippen molar-refractivity contribution in [3.05, 3.63) is 42.2 Å². The van der Waals surface area contributed by atoms with E-state index in [2.05, 4.69) is 5.10 Å². The van der Waals surface area contributed by atoms with Gasteiger partial charge in [0.15, 0.2) is 0 Å². The number of para-hydroxylation sites is 1. The number of H-pyrrole nitrogens is 1. The number of rotatable bonds is 3. The van der Waals surface area contributed by atoms with Gasteiger partial charge in [-0.3, -0.25) is 9.78 Å². The van der Waals surface area contributed by atoms with E-state index in [1.165, 1.54) is 0 Å². The first kappa shape index (κ1) is 8.13. The number of methoxy groups -OCH3 is 1. The number of aromatic nitrogens is 2. The molecule has 3 heteroatoms. The molecule has 0 radical (unpaired) electrons. The third kappa shape index (κ3) is 1.65. The normalized spacial score (nSPS) is 10.5. The molecule has 2 rings (SSSR count). The van der Waals surface area contributed by atoms with Crippen LogP contribution in [0.3, 0.4) is 0 Å². The van der Waals surface area contributed by atoms with Crippen molar-refractivity contribution < 1.29 is 4.74 Å². The zero-order valence-corrected chi connectivity index (χ0v) is 7.53. The molecular weight excluding hydrogens is 164 g/mol. The number of aromatic amines is 1. The average Bonchev–Trinajstić information content (AvgIpc) is 2.12. The molecule has 0 atom stereocenters. The van der Waals surface area contributed by atoms with Crippen LogP contribution < -0.4 is 0 Å². The quantitative estimate of drug-likeness (QED) is 0.761. The highest BCUT2D eigenvalue weighted by Crippen LogP contribution is 2.09. The van der Waals surface area contributed by atoms with Crippen molar-refractivity contribution in [1.82, 2.24) is 9.78 Å². The maximum Gasteiger partial charge on any atom is 0.0892 e. The minimum absolute atomic E-state index is 0.642. The zero-order chi connectivity index (χ0) is 9.10. The fourth-order valence-corrected chi connectivity index (χ4v) is 1.26. The number of hydrogen-bond acceptors (Lipinski definition) is 1. The third-order valence-electron chi connectivity index (χ3n) is 1.88. The lowest BCUT2D eigenvalue weighted by Gasteiger charge is -2.14. The lowest BCUT2D eigenvalue weighted by Crippen LogP contribution is -2.11. The summed E-state index contributed by atoms with van der Waals surface area (Å²) in [5.41, 5.74) is 2.24. The Hall–Kier alpha value is -1.48. The Labute approximate surface area is 76.9 Å². The minimum Gasteiger partial charge on any atom is -0.378 e. The smallest absolute Gasteiger partial charge is 0.0892 e. The predicted molar refractivity (Wildman–Crippen MR) is 50.8 cm³/mol. The molecule has 1 heterocycles. The summed E-state index contributed by atoms with van der Waals surface area (Å²) in [5.74, 6) is 0. The van der Waals surface area contributed by atoms with Crippen LogP contribution in [0.15, 0.2) is 36.5 Å². The lowest BCUT2D eigenvalue weighted by molar-refractivity contribution is 0.176. The van der Waals surface area contributed by atoms with Crippen LogP contribution in [0.5, 0.6) is 0 Å². The van der Waals surface area contributed by atoms with E-state index in [0.717, 1.165) is 11.4 Å². The zero-order valence-electron chi connectivity index (χ0n) is 7.53. The van der Waals surface area contributed by atoms with E-state index in [1.807, 2.05) is 41.2 Å². The molecule has 0 unspecified atom stereocenters. The molecule has 0 bridgehead atoms. The van der Waals surface area contributed by atoms with E-state index < -0.39 is 0 Å². The Morgan fingerprint density at radius 1 is 1.31 bits per heavy atom. The summed E-state index contributed by atoms with van der Waals surface area (Å²) in [6, 6.07) is 10.1. The standard InChI is InChI=1S/C10H12N2O/c1-13-8-9-7-12(11-9)10-5-3-2-4-6-10/h2-7,11H,8H2,1H3. The van der Waals surface area contributed by atoms with Gasteiger partial charge in [-0.2, -0.15) is 0 Å². The third-order valence-corrected chi connectivity index (χ3v) is 1.88. The molecule has 0 spiro atoms. The first-order chi connectivity index (χ1) is 6.40. The van der Waals surface area contributed by atoms with Crippen molar-refractivity contribution in [1.29, 1.82) is 0 Å². The molecule has 0 saturated carbocycles. The van der Waals surface area contributed by atoms with Gasteiger partial charge in [-0.05, 0) is 12.1 Å². The van der Waals surface area contributed by atoms with E-state index in [0.29, 0.717) is 6.61 Å². The summed E-state index contributed by atoms with van der Waals surface area (Å²) in [6.07, 6.45) is 2.03. The second-order valence-corrected chi connectivity index (χ2v) is 2.90. The maximum atomic E-state index is 4.97. The van der Waals surface area contributed by atoms with Gasteiger partial charge in [0.25, 0.3) is 0 Å². The van der Waals surface area contributed by atoms with Gasteiger partial charge in [-0.1, -0.05) is 18.2 Å². The van der Waals surface area contributed by atoms with Gasteiger partial charge in [0, 0.05) is 7.11 Å². The molecule has 1 aromatic carbocycles. The number of ether oxygens (including phenoxy) is 1. The first-order valence-corrected chi connectivity index (χ1v) is 4.21.